The third-order valence-corrected chi connectivity index (χ3v) is 3.59. The number of hydrogen-bond donors (Lipinski definition) is 0. The van der Waals surface area contributed by atoms with Gasteiger partial charge in [-0.3, -0.25) is 14.5 Å². The van der Waals surface area contributed by atoms with E-state index in [1.807, 2.05) is 14.0 Å². The predicted molar refractivity (Wildman–Crippen MR) is 51.5 cm³/mol. The number of amides is 2. The quantitative estimate of drug-likeness (QED) is 0.510. The number of likely N-dealkylation sites (tertiary alicyclic amines) is 2. The molecule has 2 fully saturated rings. The molecule has 2 saturated heterocycles. The average Bonchev–Trinajstić information content (AvgIpc) is 2.28. The summed E-state index contributed by atoms with van der Waals surface area (Å²) < 4.78 is 0. The molecule has 0 bridgehead atoms. The molecule has 2 atom stereocenters. The predicted octanol–water partition coefficient (Wildman–Crippen LogP) is -0.0570. The molecular formula is C10H16N2O2. The minimum absolute atomic E-state index is 0.00519. The van der Waals surface area contributed by atoms with Crippen LogP contribution in [0.25, 0.3) is 0 Å². The van der Waals surface area contributed by atoms with Gasteiger partial charge >= 0.3 is 0 Å². The van der Waals surface area contributed by atoms with Crippen molar-refractivity contribution in [3.8, 4) is 0 Å². The van der Waals surface area contributed by atoms with E-state index in [0.717, 1.165) is 13.0 Å². The van der Waals surface area contributed by atoms with Gasteiger partial charge in [0.25, 0.3) is 0 Å². The first kappa shape index (κ1) is 9.65. The summed E-state index contributed by atoms with van der Waals surface area (Å²) in [6, 6.07) is 0. The van der Waals surface area contributed by atoms with Gasteiger partial charge in [0.2, 0.25) is 11.8 Å². The molecule has 0 aromatic carbocycles. The highest BCUT2D eigenvalue weighted by Gasteiger charge is 2.56. The standard InChI is InChI=1S/C10H16N2O2/c1-10-6-11(2)5-4-7(10)8(13)12(3)9(10)14/h7H,4-6H2,1-3H3. The van der Waals surface area contributed by atoms with E-state index < -0.39 is 5.41 Å². The Bertz CT molecular complexity index is 302. The van der Waals surface area contributed by atoms with Gasteiger partial charge in [-0.2, -0.15) is 0 Å². The minimum atomic E-state index is -0.473. The summed E-state index contributed by atoms with van der Waals surface area (Å²) in [4.78, 5) is 27.1. The Morgan fingerprint density at radius 2 is 2.00 bits per heavy atom. The fourth-order valence-corrected chi connectivity index (χ4v) is 2.75. The van der Waals surface area contributed by atoms with Crippen LogP contribution >= 0.6 is 0 Å². The topological polar surface area (TPSA) is 40.6 Å². The fourth-order valence-electron chi connectivity index (χ4n) is 2.75. The first-order valence-electron chi connectivity index (χ1n) is 4.97. The third-order valence-electron chi connectivity index (χ3n) is 3.59. The van der Waals surface area contributed by atoms with Crippen molar-refractivity contribution in [3.05, 3.63) is 0 Å². The highest BCUT2D eigenvalue weighted by Crippen LogP contribution is 2.42. The lowest BCUT2D eigenvalue weighted by atomic mass is 9.74. The number of nitrogens with zero attached hydrogens (tertiary/aromatic N) is 2. The Labute approximate surface area is 83.9 Å². The Morgan fingerprint density at radius 1 is 1.36 bits per heavy atom. The molecule has 2 unspecified atom stereocenters. The van der Waals surface area contributed by atoms with Crippen LogP contribution in [0.3, 0.4) is 0 Å². The van der Waals surface area contributed by atoms with Gasteiger partial charge in [-0.25, -0.2) is 0 Å². The zero-order valence-corrected chi connectivity index (χ0v) is 8.91. The van der Waals surface area contributed by atoms with E-state index in [1.54, 1.807) is 7.05 Å². The lowest BCUT2D eigenvalue weighted by Crippen LogP contribution is -2.47. The molecule has 2 rings (SSSR count). The molecule has 2 heterocycles. The molecule has 14 heavy (non-hydrogen) atoms. The second kappa shape index (κ2) is 2.79. The lowest BCUT2D eigenvalue weighted by molar-refractivity contribution is -0.139. The Hall–Kier alpha value is -0.900. The van der Waals surface area contributed by atoms with E-state index >= 15 is 0 Å². The minimum Gasteiger partial charge on any atom is -0.305 e. The van der Waals surface area contributed by atoms with Gasteiger partial charge in [0.05, 0.1) is 11.3 Å². The second-order valence-electron chi connectivity index (χ2n) is 4.70. The smallest absolute Gasteiger partial charge is 0.236 e. The number of carbonyl (C=O) groups is 2. The summed E-state index contributed by atoms with van der Waals surface area (Å²) in [6.45, 7) is 3.52. The van der Waals surface area contributed by atoms with Gasteiger partial charge in [0.1, 0.15) is 0 Å². The van der Waals surface area contributed by atoms with Crippen LogP contribution in [0.5, 0.6) is 0 Å². The number of fused-ring (bicyclic) bond motifs is 1. The van der Waals surface area contributed by atoms with Crippen molar-refractivity contribution in [2.75, 3.05) is 27.2 Å². The maximum Gasteiger partial charge on any atom is 0.236 e. The fraction of sp³-hybridized carbons (Fsp3) is 0.800. The van der Waals surface area contributed by atoms with E-state index in [0.29, 0.717) is 6.54 Å². The molecule has 0 saturated carbocycles. The molecule has 78 valence electrons. The number of carbonyl (C=O) groups excluding carboxylic acids is 2. The monoisotopic (exact) mass is 196 g/mol. The van der Waals surface area contributed by atoms with Gasteiger partial charge in [0.15, 0.2) is 0 Å². The first-order chi connectivity index (χ1) is 6.47. The van der Waals surface area contributed by atoms with Crippen LogP contribution in [0.4, 0.5) is 0 Å². The van der Waals surface area contributed by atoms with Crippen molar-refractivity contribution < 1.29 is 9.59 Å². The SMILES string of the molecule is CN1CCC2C(=O)N(C)C(=O)C2(C)C1. The van der Waals surface area contributed by atoms with Crippen molar-refractivity contribution in [2.24, 2.45) is 11.3 Å². The Kier molecular flexibility index (Phi) is 1.93. The average molecular weight is 196 g/mol. The van der Waals surface area contributed by atoms with E-state index in [9.17, 15) is 9.59 Å². The second-order valence-corrected chi connectivity index (χ2v) is 4.70. The lowest BCUT2D eigenvalue weighted by Gasteiger charge is -2.37. The van der Waals surface area contributed by atoms with Crippen LogP contribution in [-0.2, 0) is 9.59 Å². The van der Waals surface area contributed by atoms with Crippen molar-refractivity contribution in [1.82, 2.24) is 9.80 Å². The highest BCUT2D eigenvalue weighted by atomic mass is 16.2. The van der Waals surface area contributed by atoms with Crippen molar-refractivity contribution in [3.63, 3.8) is 0 Å². The molecule has 0 radical (unpaired) electrons. The van der Waals surface area contributed by atoms with E-state index in [2.05, 4.69) is 4.90 Å². The van der Waals surface area contributed by atoms with Gasteiger partial charge < -0.3 is 4.90 Å². The van der Waals surface area contributed by atoms with Crippen LogP contribution in [0.1, 0.15) is 13.3 Å². The van der Waals surface area contributed by atoms with Gasteiger partial charge in [0, 0.05) is 13.6 Å². The van der Waals surface area contributed by atoms with Crippen LogP contribution in [0.15, 0.2) is 0 Å². The van der Waals surface area contributed by atoms with Crippen LogP contribution in [0.2, 0.25) is 0 Å². The zero-order valence-electron chi connectivity index (χ0n) is 8.91. The zero-order chi connectivity index (χ0) is 10.5. The van der Waals surface area contributed by atoms with Gasteiger partial charge in [-0.05, 0) is 26.9 Å². The normalized spacial score (nSPS) is 39.1. The molecule has 4 heteroatoms. The van der Waals surface area contributed by atoms with E-state index in [4.69, 9.17) is 0 Å². The maximum atomic E-state index is 11.9. The molecule has 0 aromatic heterocycles. The van der Waals surface area contributed by atoms with E-state index in [1.165, 1.54) is 4.90 Å². The summed E-state index contributed by atoms with van der Waals surface area (Å²) in [7, 11) is 3.59. The summed E-state index contributed by atoms with van der Waals surface area (Å²) in [5, 5.41) is 0. The van der Waals surface area contributed by atoms with Gasteiger partial charge in [-0.15, -0.1) is 0 Å². The van der Waals surface area contributed by atoms with E-state index in [-0.39, 0.29) is 17.7 Å². The van der Waals surface area contributed by atoms with Crippen LogP contribution < -0.4 is 0 Å². The summed E-state index contributed by atoms with van der Waals surface area (Å²) in [5.74, 6) is -0.0964. The molecule has 0 aliphatic carbocycles. The largest absolute Gasteiger partial charge is 0.305 e. The molecular weight excluding hydrogens is 180 g/mol. The maximum absolute atomic E-state index is 11.9. The summed E-state index contributed by atoms with van der Waals surface area (Å²) in [6.07, 6.45) is 0.807. The number of imide groups is 1. The molecule has 2 amide bonds. The number of piperidine rings is 1. The third kappa shape index (κ3) is 1.03. The summed E-state index contributed by atoms with van der Waals surface area (Å²) >= 11 is 0. The molecule has 0 spiro atoms. The van der Waals surface area contributed by atoms with Crippen molar-refractivity contribution in [1.29, 1.82) is 0 Å². The molecule has 2 aliphatic heterocycles. The van der Waals surface area contributed by atoms with Gasteiger partial charge in [-0.1, -0.05) is 0 Å². The highest BCUT2D eigenvalue weighted by molar-refractivity contribution is 6.07. The Balaban J connectivity index is 2.36. The molecule has 0 N–H and O–H groups in total. The molecule has 4 nitrogen and oxygen atoms in total. The Morgan fingerprint density at radius 3 is 2.64 bits per heavy atom. The van der Waals surface area contributed by atoms with Crippen LogP contribution in [0, 0.1) is 11.3 Å². The number of rotatable bonds is 0. The molecule has 2 aliphatic rings. The van der Waals surface area contributed by atoms with Crippen molar-refractivity contribution >= 4 is 11.8 Å². The first-order valence-corrected chi connectivity index (χ1v) is 4.97. The van der Waals surface area contributed by atoms with Crippen LogP contribution in [-0.4, -0.2) is 48.8 Å². The summed E-state index contributed by atoms with van der Waals surface area (Å²) in [5.41, 5.74) is -0.473. The van der Waals surface area contributed by atoms with Crippen molar-refractivity contribution in [2.45, 2.75) is 13.3 Å². The molecule has 0 aromatic rings. The number of hydrogen-bond acceptors (Lipinski definition) is 3.